The average Bonchev–Trinajstić information content (AvgIpc) is 2.45. The number of rotatable bonds is 8. The molecule has 0 atom stereocenters. The summed E-state index contributed by atoms with van der Waals surface area (Å²) in [5.74, 6) is 0.848. The first-order chi connectivity index (χ1) is 9.87. The Morgan fingerprint density at radius 2 is 1.71 bits per heavy atom. The summed E-state index contributed by atoms with van der Waals surface area (Å²) in [5.41, 5.74) is -0.398. The Labute approximate surface area is 138 Å². The van der Waals surface area contributed by atoms with Crippen molar-refractivity contribution in [1.29, 1.82) is 0 Å². The fourth-order valence-electron chi connectivity index (χ4n) is 2.50. The van der Waals surface area contributed by atoms with Crippen molar-refractivity contribution in [3.05, 3.63) is 29.8 Å². The molecule has 0 aromatic heterocycles. The second-order valence-electron chi connectivity index (χ2n) is 5.45. The maximum atomic E-state index is 12.7. The molecule has 120 valence electrons. The van der Waals surface area contributed by atoms with Crippen LogP contribution in [0.25, 0.3) is 0 Å². The highest BCUT2D eigenvalue weighted by atomic mass is 79.9. The van der Waals surface area contributed by atoms with Crippen molar-refractivity contribution in [2.75, 3.05) is 11.1 Å². The summed E-state index contributed by atoms with van der Waals surface area (Å²) in [6, 6.07) is 5.62. The molecular formula is C16H22BrF3S. The molecule has 0 spiro atoms. The third-order valence-corrected chi connectivity index (χ3v) is 6.08. The van der Waals surface area contributed by atoms with Gasteiger partial charge in [0.05, 0.1) is 5.56 Å². The van der Waals surface area contributed by atoms with E-state index in [9.17, 15) is 13.2 Å². The number of hydrogen-bond donors (Lipinski definition) is 0. The molecule has 0 bridgehead atoms. The highest BCUT2D eigenvalue weighted by Gasteiger charge is 2.31. The van der Waals surface area contributed by atoms with Crippen LogP contribution in [-0.4, -0.2) is 11.1 Å². The van der Waals surface area contributed by atoms with E-state index in [0.717, 1.165) is 42.8 Å². The fourth-order valence-corrected chi connectivity index (χ4v) is 4.77. The summed E-state index contributed by atoms with van der Waals surface area (Å²) in [5, 5.41) is 0.896. The molecule has 0 heterocycles. The minimum atomic E-state index is -4.27. The van der Waals surface area contributed by atoms with E-state index in [-0.39, 0.29) is 5.41 Å². The molecular weight excluding hydrogens is 361 g/mol. The Kier molecular flexibility index (Phi) is 7.62. The molecule has 0 amide bonds. The SMILES string of the molecule is CCCC(CBr)(CCC)CSc1cccc(C(F)(F)F)c1. The minimum absolute atomic E-state index is 0.169. The van der Waals surface area contributed by atoms with Gasteiger partial charge in [-0.15, -0.1) is 11.8 Å². The zero-order chi connectivity index (χ0) is 15.9. The number of hydrogen-bond acceptors (Lipinski definition) is 1. The van der Waals surface area contributed by atoms with Crippen LogP contribution in [0.15, 0.2) is 29.2 Å². The summed E-state index contributed by atoms with van der Waals surface area (Å²) in [4.78, 5) is 0.697. The molecule has 0 saturated carbocycles. The van der Waals surface area contributed by atoms with E-state index in [1.807, 2.05) is 0 Å². The van der Waals surface area contributed by atoms with E-state index in [4.69, 9.17) is 0 Å². The summed E-state index contributed by atoms with van der Waals surface area (Å²) in [6.07, 6.45) is 0.107. The van der Waals surface area contributed by atoms with E-state index in [0.29, 0.717) is 4.90 Å². The molecule has 1 aromatic carbocycles. The molecule has 0 aliphatic carbocycles. The average molecular weight is 383 g/mol. The lowest BCUT2D eigenvalue weighted by atomic mass is 9.83. The van der Waals surface area contributed by atoms with Crippen molar-refractivity contribution in [2.45, 2.75) is 50.6 Å². The Morgan fingerprint density at radius 3 is 2.19 bits per heavy atom. The Hall–Kier alpha value is -0.160. The van der Waals surface area contributed by atoms with Crippen LogP contribution >= 0.6 is 27.7 Å². The van der Waals surface area contributed by atoms with Gasteiger partial charge in [0.15, 0.2) is 0 Å². The largest absolute Gasteiger partial charge is 0.416 e. The first-order valence-electron chi connectivity index (χ1n) is 7.23. The normalized spacial score (nSPS) is 12.7. The zero-order valence-electron chi connectivity index (χ0n) is 12.5. The van der Waals surface area contributed by atoms with Crippen molar-refractivity contribution in [1.82, 2.24) is 0 Å². The number of thioether (sulfide) groups is 1. The highest BCUT2D eigenvalue weighted by Crippen LogP contribution is 2.39. The van der Waals surface area contributed by atoms with Gasteiger partial charge in [0.1, 0.15) is 0 Å². The molecule has 0 nitrogen and oxygen atoms in total. The van der Waals surface area contributed by atoms with Crippen LogP contribution in [0.3, 0.4) is 0 Å². The van der Waals surface area contributed by atoms with E-state index in [2.05, 4.69) is 29.8 Å². The highest BCUT2D eigenvalue weighted by molar-refractivity contribution is 9.09. The lowest BCUT2D eigenvalue weighted by Gasteiger charge is -2.31. The smallest absolute Gasteiger partial charge is 0.166 e. The predicted molar refractivity (Wildman–Crippen MR) is 88.2 cm³/mol. The number of halogens is 4. The first kappa shape index (κ1) is 18.9. The molecule has 1 rings (SSSR count). The van der Waals surface area contributed by atoms with Gasteiger partial charge in [-0.2, -0.15) is 13.2 Å². The van der Waals surface area contributed by atoms with Crippen molar-refractivity contribution < 1.29 is 13.2 Å². The van der Waals surface area contributed by atoms with Crippen LogP contribution in [-0.2, 0) is 6.18 Å². The van der Waals surface area contributed by atoms with Gasteiger partial charge in [0.25, 0.3) is 0 Å². The van der Waals surface area contributed by atoms with Gasteiger partial charge >= 0.3 is 6.18 Å². The molecule has 5 heteroatoms. The second-order valence-corrected chi connectivity index (χ2v) is 7.06. The molecule has 0 aliphatic heterocycles. The summed E-state index contributed by atoms with van der Waals surface area (Å²) in [7, 11) is 0. The summed E-state index contributed by atoms with van der Waals surface area (Å²) in [6.45, 7) is 4.31. The van der Waals surface area contributed by atoms with Crippen LogP contribution in [0, 0.1) is 5.41 Å². The Morgan fingerprint density at radius 1 is 1.10 bits per heavy atom. The Balaban J connectivity index is 2.80. The molecule has 0 radical (unpaired) electrons. The van der Waals surface area contributed by atoms with Gasteiger partial charge in [-0.1, -0.05) is 48.7 Å². The molecule has 21 heavy (non-hydrogen) atoms. The van der Waals surface area contributed by atoms with Gasteiger partial charge in [-0.25, -0.2) is 0 Å². The minimum Gasteiger partial charge on any atom is -0.166 e. The molecule has 0 saturated heterocycles. The molecule has 0 aliphatic rings. The lowest BCUT2D eigenvalue weighted by Crippen LogP contribution is -2.25. The van der Waals surface area contributed by atoms with Gasteiger partial charge in [0.2, 0.25) is 0 Å². The van der Waals surface area contributed by atoms with Crippen LogP contribution < -0.4 is 0 Å². The third kappa shape index (κ3) is 5.85. The van der Waals surface area contributed by atoms with Crippen molar-refractivity contribution >= 4 is 27.7 Å². The summed E-state index contributed by atoms with van der Waals surface area (Å²) < 4.78 is 38.2. The maximum absolute atomic E-state index is 12.7. The number of benzene rings is 1. The quantitative estimate of drug-likeness (QED) is 0.352. The van der Waals surface area contributed by atoms with Crippen LogP contribution in [0.2, 0.25) is 0 Å². The predicted octanol–water partition coefficient (Wildman–Crippen LogP) is 6.78. The molecule has 1 aromatic rings. The van der Waals surface area contributed by atoms with E-state index >= 15 is 0 Å². The molecule has 0 fully saturated rings. The van der Waals surface area contributed by atoms with Crippen LogP contribution in [0.1, 0.15) is 45.1 Å². The topological polar surface area (TPSA) is 0 Å². The van der Waals surface area contributed by atoms with E-state index in [1.165, 1.54) is 23.9 Å². The van der Waals surface area contributed by atoms with Crippen LogP contribution in [0.5, 0.6) is 0 Å². The third-order valence-electron chi connectivity index (χ3n) is 3.55. The number of alkyl halides is 4. The Bertz CT molecular complexity index is 426. The lowest BCUT2D eigenvalue weighted by molar-refractivity contribution is -0.137. The van der Waals surface area contributed by atoms with E-state index in [1.54, 1.807) is 6.07 Å². The van der Waals surface area contributed by atoms with Gasteiger partial charge < -0.3 is 0 Å². The summed E-state index contributed by atoms with van der Waals surface area (Å²) >= 11 is 5.13. The first-order valence-corrected chi connectivity index (χ1v) is 9.33. The zero-order valence-corrected chi connectivity index (χ0v) is 14.9. The van der Waals surface area contributed by atoms with Crippen molar-refractivity contribution in [3.8, 4) is 0 Å². The van der Waals surface area contributed by atoms with Gasteiger partial charge in [-0.05, 0) is 36.5 Å². The second kappa shape index (κ2) is 8.47. The van der Waals surface area contributed by atoms with Crippen molar-refractivity contribution in [3.63, 3.8) is 0 Å². The van der Waals surface area contributed by atoms with E-state index < -0.39 is 11.7 Å². The van der Waals surface area contributed by atoms with Gasteiger partial charge in [-0.3, -0.25) is 0 Å². The standard InChI is InChI=1S/C16H22BrF3S/c1-3-8-15(11-17,9-4-2)12-21-14-7-5-6-13(10-14)16(18,19)20/h5-7,10H,3-4,8-9,11-12H2,1-2H3. The van der Waals surface area contributed by atoms with Crippen LogP contribution in [0.4, 0.5) is 13.2 Å². The van der Waals surface area contributed by atoms with Crippen molar-refractivity contribution in [2.24, 2.45) is 5.41 Å². The maximum Gasteiger partial charge on any atom is 0.416 e. The molecule has 0 unspecified atom stereocenters. The fraction of sp³-hybridized carbons (Fsp3) is 0.625. The molecule has 0 N–H and O–H groups in total. The monoisotopic (exact) mass is 382 g/mol. The van der Waals surface area contributed by atoms with Gasteiger partial charge in [0, 0.05) is 16.0 Å².